The number of carbonyl (C=O) groups excluding carboxylic acids is 1. The third-order valence-electron chi connectivity index (χ3n) is 3.90. The number of nitrogens with zero attached hydrogens (tertiary/aromatic N) is 3. The van der Waals surface area contributed by atoms with Gasteiger partial charge in [0.25, 0.3) is 5.56 Å². The Hall–Kier alpha value is -2.05. The van der Waals surface area contributed by atoms with E-state index < -0.39 is 5.56 Å². The molecule has 120 valence electrons. The molecule has 0 saturated carbocycles. The number of halogens is 2. The highest BCUT2D eigenvalue weighted by Gasteiger charge is 2.29. The fourth-order valence-electron chi connectivity index (χ4n) is 2.62. The van der Waals surface area contributed by atoms with Crippen LogP contribution in [0.15, 0.2) is 35.3 Å². The van der Waals surface area contributed by atoms with E-state index in [1.165, 1.54) is 10.9 Å². The number of nitrogens with two attached hydrogens (primary N) is 1. The summed E-state index contributed by atoms with van der Waals surface area (Å²) >= 11 is 12.1. The monoisotopic (exact) mass is 352 g/mol. The van der Waals surface area contributed by atoms with E-state index >= 15 is 0 Å². The van der Waals surface area contributed by atoms with Crippen LogP contribution in [0.5, 0.6) is 0 Å². The van der Waals surface area contributed by atoms with Crippen molar-refractivity contribution in [3.05, 3.63) is 50.9 Å². The fraction of sp³-hybridized carbons (Fsp3) is 0.267. The zero-order chi connectivity index (χ0) is 16.6. The molecule has 1 aromatic heterocycles. The van der Waals surface area contributed by atoms with Gasteiger partial charge in [-0.15, -0.1) is 0 Å². The molecule has 6 nitrogen and oxygen atoms in total. The Labute approximate surface area is 142 Å². The molecule has 2 aromatic rings. The van der Waals surface area contributed by atoms with Crippen molar-refractivity contribution >= 4 is 34.8 Å². The molecule has 1 aliphatic rings. The Morgan fingerprint density at radius 2 is 1.96 bits per heavy atom. The van der Waals surface area contributed by atoms with E-state index in [1.807, 2.05) is 4.90 Å². The first kappa shape index (κ1) is 15.8. The average Bonchev–Trinajstić information content (AvgIpc) is 3.01. The summed E-state index contributed by atoms with van der Waals surface area (Å²) in [5, 5.41) is 4.81. The van der Waals surface area contributed by atoms with Crippen LogP contribution in [-0.2, 0) is 4.79 Å². The van der Waals surface area contributed by atoms with Crippen LogP contribution in [0.25, 0.3) is 5.69 Å². The van der Waals surface area contributed by atoms with E-state index in [-0.39, 0.29) is 16.8 Å². The van der Waals surface area contributed by atoms with Gasteiger partial charge in [-0.1, -0.05) is 23.2 Å². The molecule has 1 amide bonds. The second kappa shape index (κ2) is 6.22. The van der Waals surface area contributed by atoms with Gasteiger partial charge in [0.1, 0.15) is 5.02 Å². The number of hydrogen-bond acceptors (Lipinski definition) is 4. The predicted octanol–water partition coefficient (Wildman–Crippen LogP) is 1.85. The first-order valence-electron chi connectivity index (χ1n) is 7.05. The van der Waals surface area contributed by atoms with Gasteiger partial charge in [0.05, 0.1) is 23.5 Å². The Morgan fingerprint density at radius 3 is 2.57 bits per heavy atom. The lowest BCUT2D eigenvalue weighted by molar-refractivity contribution is -0.121. The van der Waals surface area contributed by atoms with Crippen LogP contribution in [0.4, 0.5) is 5.69 Å². The van der Waals surface area contributed by atoms with Gasteiger partial charge in [-0.3, -0.25) is 9.59 Å². The van der Waals surface area contributed by atoms with Crippen molar-refractivity contribution in [2.45, 2.75) is 6.42 Å². The standard InChI is InChI=1S/C15H14Cl2N4O2/c16-10-1-3-11(4-2-10)21-15(23)13(17)12(7-19-21)20-6-5-9(8-20)14(18)22/h1-4,7,9H,5-6,8H2,(H2,18,22)/t9-/m1/s1. The molecule has 1 aliphatic heterocycles. The molecule has 0 spiro atoms. The molecule has 0 unspecified atom stereocenters. The van der Waals surface area contributed by atoms with Crippen LogP contribution < -0.4 is 16.2 Å². The lowest BCUT2D eigenvalue weighted by Crippen LogP contribution is -2.30. The van der Waals surface area contributed by atoms with Crippen molar-refractivity contribution in [1.29, 1.82) is 0 Å². The first-order valence-corrected chi connectivity index (χ1v) is 7.81. The molecule has 1 atom stereocenters. The van der Waals surface area contributed by atoms with Gasteiger partial charge < -0.3 is 10.6 Å². The normalized spacial score (nSPS) is 17.5. The van der Waals surface area contributed by atoms with E-state index in [2.05, 4.69) is 5.10 Å². The van der Waals surface area contributed by atoms with Gasteiger partial charge in [0, 0.05) is 18.1 Å². The van der Waals surface area contributed by atoms with Crippen molar-refractivity contribution in [2.24, 2.45) is 11.7 Å². The summed E-state index contributed by atoms with van der Waals surface area (Å²) in [6.45, 7) is 1.06. The van der Waals surface area contributed by atoms with E-state index in [4.69, 9.17) is 28.9 Å². The Morgan fingerprint density at radius 1 is 1.26 bits per heavy atom. The summed E-state index contributed by atoms with van der Waals surface area (Å²) in [5.74, 6) is -0.573. The SMILES string of the molecule is NC(=O)[C@@H]1CCN(c2cnn(-c3ccc(Cl)cc3)c(=O)c2Cl)C1. The number of carbonyl (C=O) groups is 1. The van der Waals surface area contributed by atoms with Crippen molar-refractivity contribution in [3.8, 4) is 5.69 Å². The molecule has 0 aliphatic carbocycles. The predicted molar refractivity (Wildman–Crippen MR) is 89.4 cm³/mol. The smallest absolute Gasteiger partial charge is 0.292 e. The van der Waals surface area contributed by atoms with E-state index in [9.17, 15) is 9.59 Å². The second-order valence-electron chi connectivity index (χ2n) is 5.37. The number of aromatic nitrogens is 2. The molecule has 1 aromatic carbocycles. The van der Waals surface area contributed by atoms with Crippen LogP contribution in [0.1, 0.15) is 6.42 Å². The third kappa shape index (κ3) is 3.04. The maximum absolute atomic E-state index is 12.5. The van der Waals surface area contributed by atoms with Gasteiger partial charge in [0.15, 0.2) is 0 Å². The third-order valence-corrected chi connectivity index (χ3v) is 4.51. The van der Waals surface area contributed by atoms with Crippen LogP contribution in [0.2, 0.25) is 10.0 Å². The van der Waals surface area contributed by atoms with Crippen molar-refractivity contribution in [2.75, 3.05) is 18.0 Å². The zero-order valence-electron chi connectivity index (χ0n) is 12.1. The van der Waals surface area contributed by atoms with Gasteiger partial charge in [-0.2, -0.15) is 9.78 Å². The van der Waals surface area contributed by atoms with Crippen molar-refractivity contribution in [1.82, 2.24) is 9.78 Å². The van der Waals surface area contributed by atoms with Crippen molar-refractivity contribution < 1.29 is 4.79 Å². The van der Waals surface area contributed by atoms with Gasteiger partial charge >= 0.3 is 0 Å². The Balaban J connectivity index is 1.94. The molecule has 0 bridgehead atoms. The molecule has 23 heavy (non-hydrogen) atoms. The van der Waals surface area contributed by atoms with Crippen LogP contribution in [0, 0.1) is 5.92 Å². The summed E-state index contributed by atoms with van der Waals surface area (Å²) in [6.07, 6.45) is 2.17. The largest absolute Gasteiger partial charge is 0.369 e. The number of hydrogen-bond donors (Lipinski definition) is 1. The van der Waals surface area contributed by atoms with Gasteiger partial charge in [0.2, 0.25) is 5.91 Å². The molecular weight excluding hydrogens is 339 g/mol. The summed E-state index contributed by atoms with van der Waals surface area (Å²) in [5.41, 5.74) is 6.00. The molecule has 2 N–H and O–H groups in total. The summed E-state index contributed by atoms with van der Waals surface area (Å²) in [6, 6.07) is 6.72. The molecule has 2 heterocycles. The van der Waals surface area contributed by atoms with E-state index in [1.54, 1.807) is 24.3 Å². The van der Waals surface area contributed by atoms with Crippen molar-refractivity contribution in [3.63, 3.8) is 0 Å². The topological polar surface area (TPSA) is 81.2 Å². The lowest BCUT2D eigenvalue weighted by atomic mass is 10.1. The number of rotatable bonds is 3. The molecule has 3 rings (SSSR count). The fourth-order valence-corrected chi connectivity index (χ4v) is 3.00. The highest BCUT2D eigenvalue weighted by Crippen LogP contribution is 2.27. The van der Waals surface area contributed by atoms with Crippen LogP contribution >= 0.6 is 23.2 Å². The highest BCUT2D eigenvalue weighted by molar-refractivity contribution is 6.33. The summed E-state index contributed by atoms with van der Waals surface area (Å²) in [4.78, 5) is 25.6. The maximum atomic E-state index is 12.5. The number of primary amides is 1. The molecule has 8 heteroatoms. The maximum Gasteiger partial charge on any atom is 0.292 e. The Kier molecular flexibility index (Phi) is 4.28. The molecule has 1 saturated heterocycles. The summed E-state index contributed by atoms with van der Waals surface area (Å²) < 4.78 is 1.21. The molecule has 1 fully saturated rings. The number of benzene rings is 1. The Bertz CT molecular complexity index is 804. The quantitative estimate of drug-likeness (QED) is 0.913. The highest BCUT2D eigenvalue weighted by atomic mass is 35.5. The first-order chi connectivity index (χ1) is 11.0. The van der Waals surface area contributed by atoms with Gasteiger partial charge in [-0.25, -0.2) is 0 Å². The molecular formula is C15H14Cl2N4O2. The van der Waals surface area contributed by atoms with E-state index in [0.29, 0.717) is 35.9 Å². The van der Waals surface area contributed by atoms with Crippen LogP contribution in [0.3, 0.4) is 0 Å². The summed E-state index contributed by atoms with van der Waals surface area (Å²) in [7, 11) is 0. The lowest BCUT2D eigenvalue weighted by Gasteiger charge is -2.19. The number of anilines is 1. The minimum Gasteiger partial charge on any atom is -0.369 e. The van der Waals surface area contributed by atoms with Crippen LogP contribution in [-0.4, -0.2) is 28.8 Å². The average molecular weight is 353 g/mol. The van der Waals surface area contributed by atoms with Gasteiger partial charge in [-0.05, 0) is 30.7 Å². The molecule has 0 radical (unpaired) electrons. The number of amides is 1. The minimum atomic E-state index is -0.422. The minimum absolute atomic E-state index is 0.0695. The zero-order valence-corrected chi connectivity index (χ0v) is 13.6. The van der Waals surface area contributed by atoms with E-state index in [0.717, 1.165) is 0 Å². The second-order valence-corrected chi connectivity index (χ2v) is 6.19.